The molecule has 0 radical (unpaired) electrons. The van der Waals surface area contributed by atoms with Gasteiger partial charge in [0.2, 0.25) is 5.91 Å². The minimum Gasteiger partial charge on any atom is -0.340 e. The van der Waals surface area contributed by atoms with Crippen LogP contribution in [-0.4, -0.2) is 61.8 Å². The van der Waals surface area contributed by atoms with Crippen LogP contribution in [0.15, 0.2) is 24.3 Å². The van der Waals surface area contributed by atoms with Crippen molar-refractivity contribution in [3.8, 4) is 0 Å². The molecule has 138 valence electrons. The molecule has 2 aliphatic rings. The third kappa shape index (κ3) is 4.54. The van der Waals surface area contributed by atoms with Crippen LogP contribution in [0.4, 0.5) is 0 Å². The standard InChI is InChI=1S/C18H25ClN2O3S/c1-14(16-4-2-3-5-17(16)19)20-7-9-21(10-8-20)18(22)12-15-6-11-25(23,24)13-15/h2-5,14-15H,6-13H2,1H3. The highest BCUT2D eigenvalue weighted by atomic mass is 35.5. The van der Waals surface area contributed by atoms with Crippen molar-refractivity contribution < 1.29 is 13.2 Å². The Morgan fingerprint density at radius 2 is 1.92 bits per heavy atom. The highest BCUT2D eigenvalue weighted by molar-refractivity contribution is 7.91. The molecule has 0 N–H and O–H groups in total. The van der Waals surface area contributed by atoms with Gasteiger partial charge in [-0.3, -0.25) is 9.69 Å². The van der Waals surface area contributed by atoms with E-state index in [9.17, 15) is 13.2 Å². The fourth-order valence-electron chi connectivity index (χ4n) is 3.78. The van der Waals surface area contributed by atoms with Crippen LogP contribution in [0, 0.1) is 5.92 Å². The molecule has 0 aliphatic carbocycles. The predicted molar refractivity (Wildman–Crippen MR) is 99.4 cm³/mol. The van der Waals surface area contributed by atoms with Crippen LogP contribution in [-0.2, 0) is 14.6 Å². The van der Waals surface area contributed by atoms with Crippen molar-refractivity contribution >= 4 is 27.3 Å². The van der Waals surface area contributed by atoms with E-state index >= 15 is 0 Å². The molecule has 2 atom stereocenters. The summed E-state index contributed by atoms with van der Waals surface area (Å²) in [6.07, 6.45) is 0.983. The number of amides is 1. The zero-order valence-corrected chi connectivity index (χ0v) is 16.1. The molecule has 1 amide bonds. The molecule has 3 rings (SSSR count). The van der Waals surface area contributed by atoms with Crippen molar-refractivity contribution in [2.45, 2.75) is 25.8 Å². The zero-order valence-electron chi connectivity index (χ0n) is 14.5. The van der Waals surface area contributed by atoms with E-state index in [-0.39, 0.29) is 29.4 Å². The molecule has 2 fully saturated rings. The van der Waals surface area contributed by atoms with Gasteiger partial charge in [0.1, 0.15) is 0 Å². The Balaban J connectivity index is 1.51. The molecule has 0 spiro atoms. The summed E-state index contributed by atoms with van der Waals surface area (Å²) in [5.74, 6) is 0.487. The van der Waals surface area contributed by atoms with Crippen LogP contribution in [0.2, 0.25) is 5.02 Å². The van der Waals surface area contributed by atoms with E-state index in [0.29, 0.717) is 25.9 Å². The number of sulfone groups is 1. The fraction of sp³-hybridized carbons (Fsp3) is 0.611. The Morgan fingerprint density at radius 3 is 2.52 bits per heavy atom. The van der Waals surface area contributed by atoms with E-state index < -0.39 is 9.84 Å². The van der Waals surface area contributed by atoms with Gasteiger partial charge in [-0.15, -0.1) is 0 Å². The maximum atomic E-state index is 12.5. The van der Waals surface area contributed by atoms with Crippen LogP contribution in [0.1, 0.15) is 31.4 Å². The molecular weight excluding hydrogens is 360 g/mol. The van der Waals surface area contributed by atoms with Crippen molar-refractivity contribution in [2.75, 3.05) is 37.7 Å². The second kappa shape index (κ2) is 7.64. The quantitative estimate of drug-likeness (QED) is 0.799. The van der Waals surface area contributed by atoms with E-state index in [2.05, 4.69) is 11.8 Å². The van der Waals surface area contributed by atoms with Gasteiger partial charge in [0.25, 0.3) is 0 Å². The first-order valence-electron chi connectivity index (χ1n) is 8.82. The minimum atomic E-state index is -2.92. The lowest BCUT2D eigenvalue weighted by atomic mass is 10.0. The summed E-state index contributed by atoms with van der Waals surface area (Å²) < 4.78 is 23.1. The Hall–Kier alpha value is -1.11. The van der Waals surface area contributed by atoms with Gasteiger partial charge in [0, 0.05) is 43.7 Å². The molecular formula is C18H25ClN2O3S. The molecule has 1 aromatic carbocycles. The number of halogens is 1. The highest BCUT2D eigenvalue weighted by Gasteiger charge is 2.32. The van der Waals surface area contributed by atoms with Crippen molar-refractivity contribution in [3.05, 3.63) is 34.9 Å². The number of hydrogen-bond donors (Lipinski definition) is 0. The fourth-order valence-corrected chi connectivity index (χ4v) is 5.93. The van der Waals surface area contributed by atoms with Gasteiger partial charge in [0.05, 0.1) is 11.5 Å². The van der Waals surface area contributed by atoms with Gasteiger partial charge in [-0.25, -0.2) is 8.42 Å². The average molecular weight is 385 g/mol. The molecule has 2 heterocycles. The number of rotatable bonds is 4. The number of carbonyl (C=O) groups is 1. The SMILES string of the molecule is CC(c1ccccc1Cl)N1CCN(C(=O)CC2CCS(=O)(=O)C2)CC1. The van der Waals surface area contributed by atoms with Crippen LogP contribution in [0.3, 0.4) is 0 Å². The smallest absolute Gasteiger partial charge is 0.222 e. The molecule has 2 aliphatic heterocycles. The van der Waals surface area contributed by atoms with Crippen LogP contribution >= 0.6 is 11.6 Å². The number of nitrogens with zero attached hydrogens (tertiary/aromatic N) is 2. The van der Waals surface area contributed by atoms with Crippen molar-refractivity contribution in [1.29, 1.82) is 0 Å². The number of benzene rings is 1. The summed E-state index contributed by atoms with van der Waals surface area (Å²) in [5.41, 5.74) is 1.11. The lowest BCUT2D eigenvalue weighted by molar-refractivity contribution is -0.134. The summed E-state index contributed by atoms with van der Waals surface area (Å²) in [6, 6.07) is 8.09. The monoisotopic (exact) mass is 384 g/mol. The van der Waals surface area contributed by atoms with Crippen molar-refractivity contribution in [1.82, 2.24) is 9.80 Å². The Labute approximate surface area is 154 Å². The summed E-state index contributed by atoms with van der Waals surface area (Å²) in [6.45, 7) is 5.13. The summed E-state index contributed by atoms with van der Waals surface area (Å²) in [4.78, 5) is 16.7. The third-order valence-corrected chi connectivity index (χ3v) is 7.54. The highest BCUT2D eigenvalue weighted by Crippen LogP contribution is 2.28. The topological polar surface area (TPSA) is 57.7 Å². The molecule has 5 nitrogen and oxygen atoms in total. The van der Waals surface area contributed by atoms with E-state index in [4.69, 9.17) is 11.6 Å². The normalized spacial score (nSPS) is 25.0. The maximum Gasteiger partial charge on any atom is 0.222 e. The van der Waals surface area contributed by atoms with Gasteiger partial charge in [0.15, 0.2) is 9.84 Å². The van der Waals surface area contributed by atoms with Crippen molar-refractivity contribution in [2.24, 2.45) is 5.92 Å². The average Bonchev–Trinajstić information content (AvgIpc) is 2.93. The van der Waals surface area contributed by atoms with Gasteiger partial charge >= 0.3 is 0 Å². The Kier molecular flexibility index (Phi) is 5.71. The van der Waals surface area contributed by atoms with Crippen molar-refractivity contribution in [3.63, 3.8) is 0 Å². The first-order chi connectivity index (χ1) is 11.9. The van der Waals surface area contributed by atoms with Crippen LogP contribution < -0.4 is 0 Å². The zero-order chi connectivity index (χ0) is 18.0. The summed E-state index contributed by atoms with van der Waals surface area (Å²) in [5, 5.41) is 0.774. The van der Waals surface area contributed by atoms with E-state index in [1.54, 1.807) is 0 Å². The number of carbonyl (C=O) groups excluding carboxylic acids is 1. The second-order valence-electron chi connectivity index (χ2n) is 7.09. The first kappa shape index (κ1) is 18.7. The van der Waals surface area contributed by atoms with E-state index in [1.165, 1.54) is 0 Å². The van der Waals surface area contributed by atoms with E-state index in [0.717, 1.165) is 23.7 Å². The lowest BCUT2D eigenvalue weighted by Gasteiger charge is -2.38. The third-order valence-electron chi connectivity index (χ3n) is 5.36. The Bertz CT molecular complexity index is 730. The van der Waals surface area contributed by atoms with Gasteiger partial charge in [-0.05, 0) is 30.9 Å². The minimum absolute atomic E-state index is 0.00224. The largest absolute Gasteiger partial charge is 0.340 e. The van der Waals surface area contributed by atoms with Gasteiger partial charge in [-0.1, -0.05) is 29.8 Å². The molecule has 1 aromatic rings. The molecule has 0 aromatic heterocycles. The molecule has 0 bridgehead atoms. The second-order valence-corrected chi connectivity index (χ2v) is 9.72. The molecule has 0 saturated carbocycles. The number of piperazine rings is 1. The summed E-state index contributed by atoms with van der Waals surface area (Å²) in [7, 11) is -2.92. The molecule has 2 saturated heterocycles. The number of hydrogen-bond acceptors (Lipinski definition) is 4. The van der Waals surface area contributed by atoms with Gasteiger partial charge < -0.3 is 4.90 Å². The molecule has 25 heavy (non-hydrogen) atoms. The van der Waals surface area contributed by atoms with Crippen LogP contribution in [0.25, 0.3) is 0 Å². The Morgan fingerprint density at radius 1 is 1.24 bits per heavy atom. The lowest BCUT2D eigenvalue weighted by Crippen LogP contribution is -2.49. The predicted octanol–water partition coefficient (Wildman–Crippen LogP) is 2.37. The molecule has 7 heteroatoms. The summed E-state index contributed by atoms with van der Waals surface area (Å²) >= 11 is 6.30. The first-order valence-corrected chi connectivity index (χ1v) is 11.0. The van der Waals surface area contributed by atoms with E-state index in [1.807, 2.05) is 29.2 Å². The molecule has 2 unspecified atom stereocenters. The van der Waals surface area contributed by atoms with Gasteiger partial charge in [-0.2, -0.15) is 0 Å². The van der Waals surface area contributed by atoms with Crippen LogP contribution in [0.5, 0.6) is 0 Å². The maximum absolute atomic E-state index is 12.5.